The van der Waals surface area contributed by atoms with Gasteiger partial charge in [0, 0.05) is 11.4 Å². The second kappa shape index (κ2) is 4.97. The van der Waals surface area contributed by atoms with Gasteiger partial charge in [-0.1, -0.05) is 11.2 Å². The van der Waals surface area contributed by atoms with E-state index < -0.39 is 0 Å². The van der Waals surface area contributed by atoms with Crippen LogP contribution in [0.1, 0.15) is 5.82 Å². The number of urea groups is 1. The molecule has 88 valence electrons. The molecule has 17 heavy (non-hydrogen) atoms. The van der Waals surface area contributed by atoms with Crippen molar-refractivity contribution in [3.63, 3.8) is 0 Å². The maximum Gasteiger partial charge on any atom is 0.319 e. The minimum absolute atomic E-state index is 0.199. The Labute approximate surface area is 97.0 Å². The zero-order valence-corrected chi connectivity index (χ0v) is 8.88. The van der Waals surface area contributed by atoms with Crippen LogP contribution in [0.25, 0.3) is 0 Å². The van der Waals surface area contributed by atoms with Crippen LogP contribution >= 0.6 is 0 Å². The number of amides is 2. The molecule has 7 nitrogen and oxygen atoms in total. The van der Waals surface area contributed by atoms with Crippen LogP contribution in [-0.4, -0.2) is 16.2 Å². The molecule has 1 heterocycles. The summed E-state index contributed by atoms with van der Waals surface area (Å²) >= 11 is 0. The summed E-state index contributed by atoms with van der Waals surface area (Å²) in [6, 6.07) is 6.53. The lowest BCUT2D eigenvalue weighted by Crippen LogP contribution is -2.28. The largest absolute Gasteiger partial charge is 0.399 e. The summed E-state index contributed by atoms with van der Waals surface area (Å²) in [5.41, 5.74) is 6.79. The van der Waals surface area contributed by atoms with Gasteiger partial charge in [-0.2, -0.15) is 4.98 Å². The number of nitrogens with one attached hydrogen (secondary N) is 2. The quantitative estimate of drug-likeness (QED) is 0.685. The molecule has 0 aliphatic carbocycles. The summed E-state index contributed by atoms with van der Waals surface area (Å²) in [5, 5.41) is 8.77. The SMILES string of the molecule is Nc1cccc(NC(=O)NCc2ncon2)c1. The molecule has 2 amide bonds. The van der Waals surface area contributed by atoms with Crippen molar-refractivity contribution in [2.24, 2.45) is 0 Å². The summed E-state index contributed by atoms with van der Waals surface area (Å²) in [6.45, 7) is 0.199. The van der Waals surface area contributed by atoms with Gasteiger partial charge in [0.25, 0.3) is 0 Å². The lowest BCUT2D eigenvalue weighted by Gasteiger charge is -2.06. The van der Waals surface area contributed by atoms with Crippen molar-refractivity contribution in [2.75, 3.05) is 11.1 Å². The number of anilines is 2. The van der Waals surface area contributed by atoms with Crippen LogP contribution in [0.15, 0.2) is 35.2 Å². The molecule has 7 heteroatoms. The lowest BCUT2D eigenvalue weighted by molar-refractivity contribution is 0.251. The summed E-state index contributed by atoms with van der Waals surface area (Å²) in [7, 11) is 0. The fraction of sp³-hybridized carbons (Fsp3) is 0.100. The van der Waals surface area contributed by atoms with Crippen molar-refractivity contribution in [1.82, 2.24) is 15.5 Å². The highest BCUT2D eigenvalue weighted by atomic mass is 16.5. The fourth-order valence-electron chi connectivity index (χ4n) is 1.22. The predicted octanol–water partition coefficient (Wildman–Crippen LogP) is 0.974. The number of carbonyl (C=O) groups is 1. The van der Waals surface area contributed by atoms with Gasteiger partial charge < -0.3 is 20.9 Å². The molecular weight excluding hydrogens is 222 g/mol. The number of benzene rings is 1. The zero-order valence-electron chi connectivity index (χ0n) is 8.88. The van der Waals surface area contributed by atoms with E-state index in [-0.39, 0.29) is 12.6 Å². The molecule has 0 fully saturated rings. The number of rotatable bonds is 3. The highest BCUT2D eigenvalue weighted by molar-refractivity contribution is 5.89. The monoisotopic (exact) mass is 233 g/mol. The van der Waals surface area contributed by atoms with E-state index in [1.54, 1.807) is 24.3 Å². The Balaban J connectivity index is 1.85. The van der Waals surface area contributed by atoms with Crippen LogP contribution in [0.2, 0.25) is 0 Å². The molecule has 0 radical (unpaired) electrons. The van der Waals surface area contributed by atoms with E-state index in [0.717, 1.165) is 0 Å². The topological polar surface area (TPSA) is 106 Å². The van der Waals surface area contributed by atoms with E-state index in [4.69, 9.17) is 5.73 Å². The van der Waals surface area contributed by atoms with Gasteiger partial charge in [0.1, 0.15) is 0 Å². The van der Waals surface area contributed by atoms with Gasteiger partial charge in [0.05, 0.1) is 6.54 Å². The van der Waals surface area contributed by atoms with E-state index in [1.807, 2.05) is 0 Å². The van der Waals surface area contributed by atoms with Crippen molar-refractivity contribution >= 4 is 17.4 Å². The van der Waals surface area contributed by atoms with Crippen LogP contribution in [-0.2, 0) is 6.54 Å². The van der Waals surface area contributed by atoms with Crippen molar-refractivity contribution in [1.29, 1.82) is 0 Å². The smallest absolute Gasteiger partial charge is 0.319 e. The number of hydrogen-bond donors (Lipinski definition) is 3. The van der Waals surface area contributed by atoms with Gasteiger partial charge >= 0.3 is 6.03 Å². The van der Waals surface area contributed by atoms with Crippen molar-refractivity contribution in [3.8, 4) is 0 Å². The molecule has 0 bridgehead atoms. The maximum atomic E-state index is 11.5. The first-order valence-electron chi connectivity index (χ1n) is 4.89. The molecule has 4 N–H and O–H groups in total. The van der Waals surface area contributed by atoms with E-state index in [1.165, 1.54) is 6.39 Å². The van der Waals surface area contributed by atoms with Gasteiger partial charge in [-0.3, -0.25) is 0 Å². The van der Waals surface area contributed by atoms with E-state index in [9.17, 15) is 4.79 Å². The molecule has 1 aromatic heterocycles. The zero-order chi connectivity index (χ0) is 12.1. The first-order valence-corrected chi connectivity index (χ1v) is 4.89. The standard InChI is InChI=1S/C10H11N5O2/c11-7-2-1-3-8(4-7)14-10(16)12-5-9-13-6-17-15-9/h1-4,6H,5,11H2,(H2,12,14,16). The molecule has 0 atom stereocenters. The Kier molecular flexibility index (Phi) is 3.20. The highest BCUT2D eigenvalue weighted by Crippen LogP contribution is 2.11. The summed E-state index contributed by atoms with van der Waals surface area (Å²) in [6.07, 6.45) is 1.20. The van der Waals surface area contributed by atoms with Gasteiger partial charge in [-0.15, -0.1) is 0 Å². The fourth-order valence-corrected chi connectivity index (χ4v) is 1.22. The van der Waals surface area contributed by atoms with Gasteiger partial charge in [0.15, 0.2) is 5.82 Å². The Bertz CT molecular complexity index is 497. The minimum atomic E-state index is -0.361. The lowest BCUT2D eigenvalue weighted by atomic mass is 10.3. The number of nitrogen functional groups attached to an aromatic ring is 1. The molecule has 2 aromatic rings. The third-order valence-electron chi connectivity index (χ3n) is 1.96. The van der Waals surface area contributed by atoms with Crippen molar-refractivity contribution in [2.45, 2.75) is 6.54 Å². The molecule has 0 saturated heterocycles. The van der Waals surface area contributed by atoms with Crippen LogP contribution < -0.4 is 16.4 Å². The predicted molar refractivity (Wildman–Crippen MR) is 61.0 cm³/mol. The third-order valence-corrected chi connectivity index (χ3v) is 1.96. The van der Waals surface area contributed by atoms with E-state index >= 15 is 0 Å². The Hall–Kier alpha value is -2.57. The molecule has 1 aromatic carbocycles. The number of hydrogen-bond acceptors (Lipinski definition) is 5. The normalized spacial score (nSPS) is 9.88. The molecule has 2 rings (SSSR count). The first kappa shape index (κ1) is 10.9. The van der Waals surface area contributed by atoms with E-state index in [0.29, 0.717) is 17.2 Å². The second-order valence-corrected chi connectivity index (χ2v) is 3.28. The number of nitrogens with zero attached hydrogens (tertiary/aromatic N) is 2. The first-order chi connectivity index (χ1) is 8.24. The Morgan fingerprint density at radius 1 is 1.47 bits per heavy atom. The third kappa shape index (κ3) is 3.20. The van der Waals surface area contributed by atoms with Crippen LogP contribution in [0, 0.1) is 0 Å². The molecule has 0 spiro atoms. The van der Waals surface area contributed by atoms with Crippen LogP contribution in [0.3, 0.4) is 0 Å². The highest BCUT2D eigenvalue weighted by Gasteiger charge is 2.03. The maximum absolute atomic E-state index is 11.5. The van der Waals surface area contributed by atoms with Gasteiger partial charge in [-0.25, -0.2) is 4.79 Å². The average molecular weight is 233 g/mol. The molecule has 0 aliphatic rings. The number of aromatic nitrogens is 2. The summed E-state index contributed by atoms with van der Waals surface area (Å²) in [4.78, 5) is 15.2. The van der Waals surface area contributed by atoms with E-state index in [2.05, 4.69) is 25.3 Å². The summed E-state index contributed by atoms with van der Waals surface area (Å²) in [5.74, 6) is 0.410. The minimum Gasteiger partial charge on any atom is -0.399 e. The summed E-state index contributed by atoms with van der Waals surface area (Å²) < 4.78 is 4.53. The number of carbonyl (C=O) groups excluding carboxylic acids is 1. The van der Waals surface area contributed by atoms with Gasteiger partial charge in [0.2, 0.25) is 6.39 Å². The molecular formula is C10H11N5O2. The van der Waals surface area contributed by atoms with Crippen molar-refractivity contribution < 1.29 is 9.32 Å². The van der Waals surface area contributed by atoms with Crippen LogP contribution in [0.5, 0.6) is 0 Å². The van der Waals surface area contributed by atoms with Crippen molar-refractivity contribution in [3.05, 3.63) is 36.5 Å². The Morgan fingerprint density at radius 3 is 3.06 bits per heavy atom. The van der Waals surface area contributed by atoms with Crippen LogP contribution in [0.4, 0.5) is 16.2 Å². The number of nitrogens with two attached hydrogens (primary N) is 1. The molecule has 0 unspecified atom stereocenters. The molecule has 0 saturated carbocycles. The Morgan fingerprint density at radius 2 is 2.35 bits per heavy atom. The van der Waals surface area contributed by atoms with Gasteiger partial charge in [-0.05, 0) is 18.2 Å². The average Bonchev–Trinajstić information content (AvgIpc) is 2.79. The molecule has 0 aliphatic heterocycles. The second-order valence-electron chi connectivity index (χ2n) is 3.28.